The van der Waals surface area contributed by atoms with Crippen molar-refractivity contribution in [3.8, 4) is 0 Å². The highest BCUT2D eigenvalue weighted by atomic mass is 16.5. The van der Waals surface area contributed by atoms with E-state index in [9.17, 15) is 4.79 Å². The molecule has 0 aromatic carbocycles. The lowest BCUT2D eigenvalue weighted by Gasteiger charge is -2.11. The molecule has 0 unspecified atom stereocenters. The number of methoxy groups -OCH3 is 2. The highest BCUT2D eigenvalue weighted by Gasteiger charge is 2.04. The van der Waals surface area contributed by atoms with Gasteiger partial charge in [0.2, 0.25) is 5.91 Å². The van der Waals surface area contributed by atoms with Gasteiger partial charge in [-0.05, 0) is 6.92 Å². The molecule has 0 saturated carbocycles. The van der Waals surface area contributed by atoms with Gasteiger partial charge in [0, 0.05) is 20.3 Å². The summed E-state index contributed by atoms with van der Waals surface area (Å²) in [7, 11) is 3.08. The lowest BCUT2D eigenvalue weighted by atomic mass is 10.3. The molecule has 1 atom stereocenters. The number of amides is 1. The van der Waals surface area contributed by atoms with Crippen molar-refractivity contribution in [1.82, 2.24) is 5.32 Å². The van der Waals surface area contributed by atoms with Crippen LogP contribution in [0.4, 0.5) is 0 Å². The molecule has 0 aromatic heterocycles. The summed E-state index contributed by atoms with van der Waals surface area (Å²) in [5.74, 6) is -0.114. The third kappa shape index (κ3) is 5.82. The van der Waals surface area contributed by atoms with Gasteiger partial charge in [-0.25, -0.2) is 0 Å². The highest BCUT2D eigenvalue weighted by Crippen LogP contribution is 1.81. The van der Waals surface area contributed by atoms with Gasteiger partial charge in [0.15, 0.2) is 0 Å². The number of hydrogen-bond acceptors (Lipinski definition) is 3. The van der Waals surface area contributed by atoms with Gasteiger partial charge in [-0.1, -0.05) is 0 Å². The average molecular weight is 161 g/mol. The smallest absolute Gasteiger partial charge is 0.246 e. The Hall–Kier alpha value is -0.610. The standard InChI is InChI=1S/C7H15NO3/c1-6(4-10-2)8-7(9)5-11-3/h6H,4-5H2,1-3H3,(H,8,9)/t6-/m1/s1. The number of carbonyl (C=O) groups excluding carboxylic acids is 1. The number of ether oxygens (including phenoxy) is 2. The van der Waals surface area contributed by atoms with Gasteiger partial charge in [-0.2, -0.15) is 0 Å². The molecule has 0 saturated heterocycles. The number of hydrogen-bond donors (Lipinski definition) is 1. The molecule has 0 rings (SSSR count). The van der Waals surface area contributed by atoms with Crippen LogP contribution in [0.5, 0.6) is 0 Å². The first kappa shape index (κ1) is 10.4. The first-order valence-corrected chi connectivity index (χ1v) is 3.48. The SMILES string of the molecule is COCC(=O)N[C@H](C)COC. The first-order chi connectivity index (χ1) is 5.20. The minimum atomic E-state index is -0.114. The van der Waals surface area contributed by atoms with E-state index < -0.39 is 0 Å². The van der Waals surface area contributed by atoms with Crippen molar-refractivity contribution in [2.45, 2.75) is 13.0 Å². The Balaban J connectivity index is 3.40. The molecule has 4 heteroatoms. The van der Waals surface area contributed by atoms with E-state index in [1.54, 1.807) is 7.11 Å². The van der Waals surface area contributed by atoms with Crippen molar-refractivity contribution in [3.05, 3.63) is 0 Å². The molecule has 0 aromatic rings. The summed E-state index contributed by atoms with van der Waals surface area (Å²) in [4.78, 5) is 10.8. The maximum Gasteiger partial charge on any atom is 0.246 e. The molecule has 0 spiro atoms. The first-order valence-electron chi connectivity index (χ1n) is 3.48. The van der Waals surface area contributed by atoms with Crippen LogP contribution in [-0.4, -0.2) is 39.4 Å². The summed E-state index contributed by atoms with van der Waals surface area (Å²) < 4.78 is 9.46. The van der Waals surface area contributed by atoms with Gasteiger partial charge in [0.1, 0.15) is 6.61 Å². The van der Waals surface area contributed by atoms with Crippen LogP contribution in [0.2, 0.25) is 0 Å². The van der Waals surface area contributed by atoms with Gasteiger partial charge in [-0.15, -0.1) is 0 Å². The predicted molar refractivity (Wildman–Crippen MR) is 41.4 cm³/mol. The van der Waals surface area contributed by atoms with E-state index in [4.69, 9.17) is 4.74 Å². The molecule has 0 bridgehead atoms. The normalized spacial score (nSPS) is 12.6. The van der Waals surface area contributed by atoms with Crippen molar-refractivity contribution in [2.24, 2.45) is 0 Å². The van der Waals surface area contributed by atoms with Crippen LogP contribution in [0.15, 0.2) is 0 Å². The molecule has 1 amide bonds. The quantitative estimate of drug-likeness (QED) is 0.606. The van der Waals surface area contributed by atoms with Crippen molar-refractivity contribution in [2.75, 3.05) is 27.4 Å². The molecule has 11 heavy (non-hydrogen) atoms. The Labute approximate surface area is 66.9 Å². The van der Waals surface area contributed by atoms with Crippen LogP contribution < -0.4 is 5.32 Å². The Bertz CT molecular complexity index is 116. The monoisotopic (exact) mass is 161 g/mol. The zero-order valence-electron chi connectivity index (χ0n) is 7.22. The van der Waals surface area contributed by atoms with Gasteiger partial charge in [-0.3, -0.25) is 4.79 Å². The summed E-state index contributed by atoms with van der Waals surface area (Å²) in [5, 5.41) is 2.69. The zero-order valence-corrected chi connectivity index (χ0v) is 7.22. The molecule has 4 nitrogen and oxygen atoms in total. The van der Waals surface area contributed by atoms with E-state index in [1.807, 2.05) is 6.92 Å². The number of nitrogens with one attached hydrogen (secondary N) is 1. The Morgan fingerprint density at radius 1 is 1.45 bits per heavy atom. The van der Waals surface area contributed by atoms with E-state index in [2.05, 4.69) is 10.1 Å². The minimum Gasteiger partial charge on any atom is -0.383 e. The molecule has 66 valence electrons. The van der Waals surface area contributed by atoms with E-state index in [-0.39, 0.29) is 18.6 Å². The third-order valence-corrected chi connectivity index (χ3v) is 1.10. The maximum absolute atomic E-state index is 10.8. The molecule has 0 fully saturated rings. The molecule has 0 aliphatic carbocycles. The fourth-order valence-corrected chi connectivity index (χ4v) is 0.739. The molecule has 0 aliphatic heterocycles. The van der Waals surface area contributed by atoms with Crippen molar-refractivity contribution >= 4 is 5.91 Å². The van der Waals surface area contributed by atoms with Crippen LogP contribution >= 0.6 is 0 Å². The lowest BCUT2D eigenvalue weighted by Crippen LogP contribution is -2.37. The van der Waals surface area contributed by atoms with Gasteiger partial charge >= 0.3 is 0 Å². The molecule has 1 N–H and O–H groups in total. The summed E-state index contributed by atoms with van der Waals surface area (Å²) >= 11 is 0. The lowest BCUT2D eigenvalue weighted by molar-refractivity contribution is -0.125. The van der Waals surface area contributed by atoms with Crippen molar-refractivity contribution < 1.29 is 14.3 Å². The fraction of sp³-hybridized carbons (Fsp3) is 0.857. The zero-order chi connectivity index (χ0) is 8.69. The molecule has 0 radical (unpaired) electrons. The number of carbonyl (C=O) groups is 1. The second kappa shape index (κ2) is 6.12. The average Bonchev–Trinajstić information content (AvgIpc) is 1.87. The van der Waals surface area contributed by atoms with E-state index >= 15 is 0 Å². The van der Waals surface area contributed by atoms with Crippen LogP contribution in [-0.2, 0) is 14.3 Å². The van der Waals surface area contributed by atoms with Crippen molar-refractivity contribution in [1.29, 1.82) is 0 Å². The largest absolute Gasteiger partial charge is 0.383 e. The summed E-state index contributed by atoms with van der Waals surface area (Å²) in [6, 6.07) is 0.0441. The second-order valence-electron chi connectivity index (χ2n) is 2.36. The molecule has 0 heterocycles. The summed E-state index contributed by atoms with van der Waals surface area (Å²) in [6.45, 7) is 2.50. The van der Waals surface area contributed by atoms with E-state index in [0.717, 1.165) is 0 Å². The second-order valence-corrected chi connectivity index (χ2v) is 2.36. The maximum atomic E-state index is 10.8. The Morgan fingerprint density at radius 2 is 2.09 bits per heavy atom. The molecule has 0 aliphatic rings. The third-order valence-electron chi connectivity index (χ3n) is 1.10. The van der Waals surface area contributed by atoms with Crippen LogP contribution in [0.25, 0.3) is 0 Å². The predicted octanol–water partition coefficient (Wildman–Crippen LogP) is -0.216. The van der Waals surface area contributed by atoms with Gasteiger partial charge < -0.3 is 14.8 Å². The van der Waals surface area contributed by atoms with Crippen LogP contribution in [0, 0.1) is 0 Å². The van der Waals surface area contributed by atoms with Crippen LogP contribution in [0.3, 0.4) is 0 Å². The Morgan fingerprint density at radius 3 is 2.55 bits per heavy atom. The highest BCUT2D eigenvalue weighted by molar-refractivity contribution is 5.77. The fourth-order valence-electron chi connectivity index (χ4n) is 0.739. The van der Waals surface area contributed by atoms with E-state index in [0.29, 0.717) is 6.61 Å². The summed E-state index contributed by atoms with van der Waals surface area (Å²) in [5.41, 5.74) is 0. The summed E-state index contributed by atoms with van der Waals surface area (Å²) in [6.07, 6.45) is 0. The minimum absolute atomic E-state index is 0.0441. The topological polar surface area (TPSA) is 47.6 Å². The van der Waals surface area contributed by atoms with Gasteiger partial charge in [0.25, 0.3) is 0 Å². The molecular weight excluding hydrogens is 146 g/mol. The number of rotatable bonds is 5. The van der Waals surface area contributed by atoms with E-state index in [1.165, 1.54) is 7.11 Å². The van der Waals surface area contributed by atoms with Crippen LogP contribution in [0.1, 0.15) is 6.92 Å². The Kier molecular flexibility index (Phi) is 5.78. The van der Waals surface area contributed by atoms with Crippen molar-refractivity contribution in [3.63, 3.8) is 0 Å². The van der Waals surface area contributed by atoms with Gasteiger partial charge in [0.05, 0.1) is 6.61 Å². The molecular formula is C7H15NO3.